The highest BCUT2D eigenvalue weighted by Gasteiger charge is 2.30. The van der Waals surface area contributed by atoms with Crippen LogP contribution in [0, 0.1) is 0 Å². The second-order valence-electron chi connectivity index (χ2n) is 4.30. The summed E-state index contributed by atoms with van der Waals surface area (Å²) < 4.78 is 37.6. The molecule has 23 heavy (non-hydrogen) atoms. The van der Waals surface area contributed by atoms with E-state index in [0.29, 0.717) is 11.3 Å². The third kappa shape index (κ3) is 3.34. The third-order valence-electron chi connectivity index (χ3n) is 2.78. The third-order valence-corrected chi connectivity index (χ3v) is 3.54. The molecule has 2 heterocycles. The molecule has 3 rings (SSSR count). The van der Waals surface area contributed by atoms with E-state index >= 15 is 0 Å². The Hall–Kier alpha value is -2.82. The minimum Gasteiger partial charge on any atom is -0.295 e. The summed E-state index contributed by atoms with van der Waals surface area (Å²) in [5.74, 6) is -0.733. The van der Waals surface area contributed by atoms with Crippen molar-refractivity contribution < 1.29 is 18.0 Å². The van der Waals surface area contributed by atoms with Crippen molar-refractivity contribution in [2.75, 3.05) is 5.32 Å². The highest BCUT2D eigenvalue weighted by molar-refractivity contribution is 7.14. The number of H-pyrrole nitrogens is 1. The van der Waals surface area contributed by atoms with Crippen molar-refractivity contribution in [3.63, 3.8) is 0 Å². The topological polar surface area (TPSA) is 96.5 Å². The van der Waals surface area contributed by atoms with Gasteiger partial charge in [0.1, 0.15) is 0 Å². The van der Waals surface area contributed by atoms with Gasteiger partial charge in [-0.1, -0.05) is 12.1 Å². The normalized spacial score (nSPS) is 11.4. The Balaban J connectivity index is 1.75. The Kier molecular flexibility index (Phi) is 3.78. The van der Waals surface area contributed by atoms with Crippen molar-refractivity contribution in [2.24, 2.45) is 0 Å². The first-order valence-corrected chi connectivity index (χ1v) is 6.99. The lowest BCUT2D eigenvalue weighted by atomic mass is 10.1. The van der Waals surface area contributed by atoms with Gasteiger partial charge < -0.3 is 0 Å². The van der Waals surface area contributed by atoms with E-state index in [1.165, 1.54) is 12.1 Å². The summed E-state index contributed by atoms with van der Waals surface area (Å²) in [7, 11) is 0. The SMILES string of the molecule is O=C(Nc1nc(-c2ccc(C(F)(F)F)cc2)cs1)c1nn[nH]n1. The zero-order valence-corrected chi connectivity index (χ0v) is 11.9. The van der Waals surface area contributed by atoms with Crippen LogP contribution in [0.1, 0.15) is 16.2 Å². The average molecular weight is 340 g/mol. The Morgan fingerprint density at radius 1 is 1.22 bits per heavy atom. The smallest absolute Gasteiger partial charge is 0.295 e. The van der Waals surface area contributed by atoms with Gasteiger partial charge in [0.15, 0.2) is 5.13 Å². The molecule has 3 aromatic rings. The molecule has 0 aliphatic carbocycles. The standard InChI is InChI=1S/C12H7F3N6OS/c13-12(14,15)7-3-1-6(2-4-7)8-5-23-11(16-8)17-10(22)9-18-20-21-19-9/h1-5H,(H,16,17,22)(H,18,19,20,21). The molecule has 0 radical (unpaired) electrons. The molecule has 0 saturated carbocycles. The molecule has 0 unspecified atom stereocenters. The molecule has 2 N–H and O–H groups in total. The number of hydrogen-bond acceptors (Lipinski definition) is 6. The van der Waals surface area contributed by atoms with Crippen LogP contribution < -0.4 is 5.32 Å². The van der Waals surface area contributed by atoms with Crippen LogP contribution >= 0.6 is 11.3 Å². The fourth-order valence-corrected chi connectivity index (χ4v) is 2.42. The van der Waals surface area contributed by atoms with Crippen LogP contribution in [0.25, 0.3) is 11.3 Å². The highest BCUT2D eigenvalue weighted by atomic mass is 32.1. The molecule has 0 saturated heterocycles. The first-order chi connectivity index (χ1) is 10.9. The summed E-state index contributed by atoms with van der Waals surface area (Å²) in [6, 6.07) is 4.60. The van der Waals surface area contributed by atoms with Gasteiger partial charge in [0.2, 0.25) is 0 Å². The molecule has 7 nitrogen and oxygen atoms in total. The molecule has 0 aliphatic heterocycles. The molecule has 1 aromatic carbocycles. The average Bonchev–Trinajstić information content (AvgIpc) is 3.18. The van der Waals surface area contributed by atoms with Crippen LogP contribution in [0.5, 0.6) is 0 Å². The first-order valence-electron chi connectivity index (χ1n) is 6.11. The lowest BCUT2D eigenvalue weighted by Crippen LogP contribution is -2.13. The quantitative estimate of drug-likeness (QED) is 0.764. The molecular weight excluding hydrogens is 333 g/mol. The number of benzene rings is 1. The number of aromatic amines is 1. The summed E-state index contributed by atoms with van der Waals surface area (Å²) in [6.45, 7) is 0. The predicted molar refractivity (Wildman–Crippen MR) is 74.7 cm³/mol. The second-order valence-corrected chi connectivity index (χ2v) is 5.16. The van der Waals surface area contributed by atoms with Gasteiger partial charge in [-0.3, -0.25) is 10.1 Å². The van der Waals surface area contributed by atoms with E-state index in [1.807, 2.05) is 0 Å². The number of halogens is 3. The lowest BCUT2D eigenvalue weighted by Gasteiger charge is -2.06. The molecule has 0 atom stereocenters. The molecule has 0 fully saturated rings. The van der Waals surface area contributed by atoms with Crippen molar-refractivity contribution in [3.8, 4) is 11.3 Å². The second kappa shape index (κ2) is 5.76. The first kappa shape index (κ1) is 15.1. The van der Waals surface area contributed by atoms with Gasteiger partial charge in [-0.2, -0.15) is 18.4 Å². The number of nitrogens with one attached hydrogen (secondary N) is 2. The van der Waals surface area contributed by atoms with Gasteiger partial charge in [0, 0.05) is 10.9 Å². The Morgan fingerprint density at radius 3 is 2.57 bits per heavy atom. The predicted octanol–water partition coefficient (Wildman–Crippen LogP) is 2.59. The van der Waals surface area contributed by atoms with Crippen LogP contribution in [0.4, 0.5) is 18.3 Å². The maximum absolute atomic E-state index is 12.5. The zero-order chi connectivity index (χ0) is 16.4. The van der Waals surface area contributed by atoms with Gasteiger partial charge in [-0.25, -0.2) is 4.98 Å². The fourth-order valence-electron chi connectivity index (χ4n) is 1.70. The number of thiazole rings is 1. The van der Waals surface area contributed by atoms with Crippen LogP contribution in [0.2, 0.25) is 0 Å². The minimum absolute atomic E-state index is 0.142. The van der Waals surface area contributed by atoms with E-state index < -0.39 is 17.6 Å². The molecule has 2 aromatic heterocycles. The molecule has 0 aliphatic rings. The van der Waals surface area contributed by atoms with Crippen molar-refractivity contribution in [2.45, 2.75) is 6.18 Å². The number of anilines is 1. The number of alkyl halides is 3. The van der Waals surface area contributed by atoms with E-state index in [-0.39, 0.29) is 11.0 Å². The Morgan fingerprint density at radius 2 is 1.96 bits per heavy atom. The van der Waals surface area contributed by atoms with Gasteiger partial charge in [0.05, 0.1) is 11.3 Å². The fraction of sp³-hybridized carbons (Fsp3) is 0.0833. The maximum Gasteiger partial charge on any atom is 0.416 e. The number of nitrogens with zero attached hydrogens (tertiary/aromatic N) is 4. The number of amides is 1. The van der Waals surface area contributed by atoms with Crippen molar-refractivity contribution >= 4 is 22.4 Å². The molecule has 0 spiro atoms. The van der Waals surface area contributed by atoms with Crippen LogP contribution in [-0.4, -0.2) is 31.5 Å². The monoisotopic (exact) mass is 340 g/mol. The molecule has 11 heteroatoms. The van der Waals surface area contributed by atoms with Crippen molar-refractivity contribution in [1.29, 1.82) is 0 Å². The number of tetrazole rings is 1. The largest absolute Gasteiger partial charge is 0.416 e. The van der Waals surface area contributed by atoms with Gasteiger partial charge in [-0.15, -0.1) is 21.5 Å². The summed E-state index contributed by atoms with van der Waals surface area (Å²) in [5.41, 5.74) is 0.226. The van der Waals surface area contributed by atoms with Crippen LogP contribution in [0.3, 0.4) is 0 Å². The molecule has 118 valence electrons. The number of rotatable bonds is 3. The lowest BCUT2D eigenvalue weighted by molar-refractivity contribution is -0.137. The van der Waals surface area contributed by atoms with Crippen molar-refractivity contribution in [3.05, 3.63) is 41.0 Å². The molecule has 0 bridgehead atoms. The van der Waals surface area contributed by atoms with E-state index in [4.69, 9.17) is 0 Å². The molecular formula is C12H7F3N6OS. The zero-order valence-electron chi connectivity index (χ0n) is 11.1. The van der Waals surface area contributed by atoms with E-state index in [0.717, 1.165) is 23.5 Å². The highest BCUT2D eigenvalue weighted by Crippen LogP contribution is 2.31. The summed E-state index contributed by atoms with van der Waals surface area (Å²) in [6.07, 6.45) is -4.38. The van der Waals surface area contributed by atoms with E-state index in [1.54, 1.807) is 5.38 Å². The van der Waals surface area contributed by atoms with E-state index in [2.05, 4.69) is 30.9 Å². The van der Waals surface area contributed by atoms with Gasteiger partial charge >= 0.3 is 6.18 Å². The number of carbonyl (C=O) groups is 1. The van der Waals surface area contributed by atoms with Crippen LogP contribution in [-0.2, 0) is 6.18 Å². The van der Waals surface area contributed by atoms with Gasteiger partial charge in [-0.05, 0) is 17.3 Å². The number of carbonyl (C=O) groups excluding carboxylic acids is 1. The van der Waals surface area contributed by atoms with Gasteiger partial charge in [0.25, 0.3) is 11.7 Å². The van der Waals surface area contributed by atoms with E-state index in [9.17, 15) is 18.0 Å². The minimum atomic E-state index is -4.38. The van der Waals surface area contributed by atoms with Crippen molar-refractivity contribution in [1.82, 2.24) is 25.6 Å². The summed E-state index contributed by atoms with van der Waals surface area (Å²) in [5, 5.41) is 16.8. The Labute approximate surface area is 130 Å². The number of hydrogen-bond donors (Lipinski definition) is 2. The summed E-state index contributed by atoms with van der Waals surface area (Å²) >= 11 is 1.13. The maximum atomic E-state index is 12.5. The molecule has 1 amide bonds. The number of aromatic nitrogens is 5. The summed E-state index contributed by atoms with van der Waals surface area (Å²) in [4.78, 5) is 15.9. The Bertz CT molecular complexity index is 812. The van der Waals surface area contributed by atoms with Crippen LogP contribution in [0.15, 0.2) is 29.6 Å².